The molecule has 14 heteroatoms. The summed E-state index contributed by atoms with van der Waals surface area (Å²) >= 11 is 21.3. The lowest BCUT2D eigenvalue weighted by Crippen LogP contribution is -2.30. The van der Waals surface area contributed by atoms with Gasteiger partial charge >= 0.3 is 0 Å². The number of methoxy groups -OCH3 is 1. The topological polar surface area (TPSA) is 102 Å². The molecule has 2 aliphatic heterocycles. The lowest BCUT2D eigenvalue weighted by Gasteiger charge is -2.24. The van der Waals surface area contributed by atoms with Crippen LogP contribution in [0, 0.1) is 17.0 Å². The molecule has 1 fully saturated rings. The second-order valence-corrected chi connectivity index (χ2v) is 15.6. The highest BCUT2D eigenvalue weighted by atomic mass is 35.5. The van der Waals surface area contributed by atoms with Crippen molar-refractivity contribution in [2.45, 2.75) is 31.0 Å². The van der Waals surface area contributed by atoms with Crippen LogP contribution in [0.15, 0.2) is 100 Å². The summed E-state index contributed by atoms with van der Waals surface area (Å²) in [7, 11) is -1.93. The second-order valence-electron chi connectivity index (χ2n) is 10.3. The molecule has 2 heterocycles. The van der Waals surface area contributed by atoms with E-state index in [1.54, 1.807) is 77.8 Å². The number of aryl methyl sites for hydroxylation is 1. The number of rotatable bonds is 7. The van der Waals surface area contributed by atoms with E-state index in [2.05, 4.69) is 4.99 Å². The number of thioether (sulfide) groups is 2. The third kappa shape index (κ3) is 8.76. The summed E-state index contributed by atoms with van der Waals surface area (Å²) in [6.45, 7) is 2.45. The maximum atomic E-state index is 13.0. The number of hydrogen-bond acceptors (Lipinski definition) is 8. The summed E-state index contributed by atoms with van der Waals surface area (Å²) in [5.41, 5.74) is 4.61. The Morgan fingerprint density at radius 2 is 1.65 bits per heavy atom. The van der Waals surface area contributed by atoms with Gasteiger partial charge in [-0.1, -0.05) is 66.1 Å². The van der Waals surface area contributed by atoms with E-state index in [0.717, 1.165) is 38.8 Å². The van der Waals surface area contributed by atoms with E-state index in [1.165, 1.54) is 23.9 Å². The van der Waals surface area contributed by atoms with Gasteiger partial charge in [-0.25, -0.2) is 13.4 Å². The molecule has 6 rings (SSSR count). The molecule has 2 aliphatic rings. The number of aliphatic imine (C=N–C) groups is 1. The molecule has 4 aromatic rings. The van der Waals surface area contributed by atoms with E-state index in [4.69, 9.17) is 39.5 Å². The molecule has 1 saturated heterocycles. The van der Waals surface area contributed by atoms with Crippen molar-refractivity contribution >= 4 is 90.3 Å². The average Bonchev–Trinajstić information content (AvgIpc) is 3.75. The Morgan fingerprint density at radius 1 is 0.979 bits per heavy atom. The molecule has 1 atom stereocenters. The first-order valence-electron chi connectivity index (χ1n) is 14.1. The smallest absolute Gasteiger partial charge is 0.269 e. The molecular formula is C34H32Cl3N3O5S3. The van der Waals surface area contributed by atoms with Gasteiger partial charge in [0.2, 0.25) is 10.0 Å². The van der Waals surface area contributed by atoms with Crippen LogP contribution >= 0.6 is 58.3 Å². The number of ether oxygens (including phenoxy) is 1. The van der Waals surface area contributed by atoms with Crippen LogP contribution in [0.25, 0.3) is 5.57 Å². The number of nitro groups is 1. The highest BCUT2D eigenvalue weighted by molar-refractivity contribution is 8.17. The number of non-ortho nitro benzene ring substituents is 1. The monoisotopic (exact) mass is 763 g/mol. The van der Waals surface area contributed by atoms with Crippen LogP contribution in [-0.4, -0.2) is 42.1 Å². The van der Waals surface area contributed by atoms with E-state index < -0.39 is 14.9 Å². The Kier molecular flexibility index (Phi) is 13.1. The molecular weight excluding hydrogens is 733 g/mol. The Bertz CT molecular complexity index is 1940. The summed E-state index contributed by atoms with van der Waals surface area (Å²) in [6.07, 6.45) is 0.643. The van der Waals surface area contributed by atoms with Gasteiger partial charge in [-0.2, -0.15) is 4.31 Å². The highest BCUT2D eigenvalue weighted by Crippen LogP contribution is 2.43. The van der Waals surface area contributed by atoms with Gasteiger partial charge in [0.25, 0.3) is 5.69 Å². The number of benzene rings is 4. The minimum Gasteiger partial charge on any atom is -0.496 e. The van der Waals surface area contributed by atoms with Crippen LogP contribution in [0.4, 0.5) is 11.4 Å². The summed E-state index contributed by atoms with van der Waals surface area (Å²) in [6, 6.07) is 23.9. The van der Waals surface area contributed by atoms with Crippen LogP contribution in [0.1, 0.15) is 35.9 Å². The van der Waals surface area contributed by atoms with Crippen molar-refractivity contribution in [2.75, 3.05) is 19.4 Å². The van der Waals surface area contributed by atoms with E-state index >= 15 is 0 Å². The molecule has 0 aromatic heterocycles. The molecule has 8 nitrogen and oxygen atoms in total. The zero-order chi connectivity index (χ0) is 33.7. The lowest BCUT2D eigenvalue weighted by molar-refractivity contribution is -0.384. The van der Waals surface area contributed by atoms with Gasteiger partial charge in [0.1, 0.15) is 11.4 Å². The van der Waals surface area contributed by atoms with Crippen LogP contribution in [0.3, 0.4) is 0 Å². The minimum absolute atomic E-state index is 0. The number of hydrogen-bond donors (Lipinski definition) is 0. The van der Waals surface area contributed by atoms with Crippen LogP contribution < -0.4 is 4.74 Å². The van der Waals surface area contributed by atoms with Gasteiger partial charge < -0.3 is 4.74 Å². The highest BCUT2D eigenvalue weighted by Gasteiger charge is 2.37. The number of halogens is 3. The van der Waals surface area contributed by atoms with Crippen LogP contribution in [0.5, 0.6) is 5.75 Å². The largest absolute Gasteiger partial charge is 0.496 e. The standard InChI is InChI=1S/C17H18ClNO3S2.C16H10Cl2N2O2S.CH4/c1-12-11-13(3-8-16(12)22-2)17-19(9-10-23-17)24(20,21)15-6-4-14(18)5-7-15;17-13-2-1-3-14(18)16(13)19-15-8-11(9-23-15)10-4-6-12(7-5-10)20(21)22;/h3-8,11,17H,9-10H2,1-2H3;1-7,9H,8H2;1H4. The molecule has 0 N–H and O–H groups in total. The summed E-state index contributed by atoms with van der Waals surface area (Å²) in [4.78, 5) is 15.1. The quantitative estimate of drug-likeness (QED) is 0.136. The Morgan fingerprint density at radius 3 is 2.25 bits per heavy atom. The molecule has 1 unspecified atom stereocenters. The first-order valence-corrected chi connectivity index (χ1v) is 18.6. The predicted octanol–water partition coefficient (Wildman–Crippen LogP) is 10.8. The maximum absolute atomic E-state index is 13.0. The van der Waals surface area contributed by atoms with Crippen molar-refractivity contribution < 1.29 is 18.1 Å². The van der Waals surface area contributed by atoms with Gasteiger partial charge in [0, 0.05) is 35.9 Å². The normalized spacial score (nSPS) is 16.9. The predicted molar refractivity (Wildman–Crippen MR) is 202 cm³/mol. The number of allylic oxidation sites excluding steroid dienone is 1. The number of para-hydroxylation sites is 1. The fourth-order valence-corrected chi connectivity index (χ4v) is 9.62. The van der Waals surface area contributed by atoms with Crippen molar-refractivity contribution in [3.05, 3.63) is 132 Å². The number of sulfonamides is 1. The molecule has 4 aromatic carbocycles. The van der Waals surface area contributed by atoms with E-state index in [-0.39, 0.29) is 23.4 Å². The molecule has 0 amide bonds. The first kappa shape index (κ1) is 37.8. The van der Waals surface area contributed by atoms with Gasteiger partial charge in [-0.3, -0.25) is 10.1 Å². The maximum Gasteiger partial charge on any atom is 0.269 e. The van der Waals surface area contributed by atoms with E-state index in [1.807, 2.05) is 30.5 Å². The summed E-state index contributed by atoms with van der Waals surface area (Å²) < 4.78 is 32.8. The summed E-state index contributed by atoms with van der Waals surface area (Å²) in [5.74, 6) is 1.57. The third-order valence-corrected chi connectivity index (χ3v) is 12.3. The Balaban J connectivity index is 0.000000212. The van der Waals surface area contributed by atoms with E-state index in [0.29, 0.717) is 33.7 Å². The molecule has 0 saturated carbocycles. The molecule has 0 aliphatic carbocycles. The Labute approximate surface area is 304 Å². The SMILES string of the molecule is C.COc1ccc(C2SCCN2S(=O)(=O)c2ccc(Cl)cc2)cc1C.O=[N+]([O-])c1ccc(C2=CSC(=Nc3c(Cl)cccc3Cl)C2)cc1. The van der Waals surface area contributed by atoms with Gasteiger partial charge in [0.15, 0.2) is 0 Å². The number of nitro benzene ring substituents is 1. The number of nitrogens with zero attached hydrogens (tertiary/aromatic N) is 3. The van der Waals surface area contributed by atoms with Crippen molar-refractivity contribution in [3.8, 4) is 5.75 Å². The second kappa shape index (κ2) is 16.6. The molecule has 0 radical (unpaired) electrons. The molecule has 252 valence electrons. The van der Waals surface area contributed by atoms with Crippen molar-refractivity contribution in [2.24, 2.45) is 4.99 Å². The first-order chi connectivity index (χ1) is 22.5. The molecule has 48 heavy (non-hydrogen) atoms. The van der Waals surface area contributed by atoms with E-state index in [9.17, 15) is 18.5 Å². The van der Waals surface area contributed by atoms with Gasteiger partial charge in [-0.05, 0) is 95.3 Å². The Hall–Kier alpha value is -3.03. The fourth-order valence-electron chi connectivity index (χ4n) is 4.90. The van der Waals surface area contributed by atoms with Crippen molar-refractivity contribution in [3.63, 3.8) is 0 Å². The third-order valence-electron chi connectivity index (χ3n) is 7.28. The summed E-state index contributed by atoms with van der Waals surface area (Å²) in [5, 5.41) is 14.9. The van der Waals surface area contributed by atoms with Gasteiger partial charge in [0.05, 0.1) is 37.4 Å². The van der Waals surface area contributed by atoms with Gasteiger partial charge in [-0.15, -0.1) is 11.8 Å². The van der Waals surface area contributed by atoms with Crippen molar-refractivity contribution in [1.82, 2.24) is 4.31 Å². The molecule has 0 bridgehead atoms. The van der Waals surface area contributed by atoms with Crippen LogP contribution in [0.2, 0.25) is 15.1 Å². The minimum atomic E-state index is -3.56. The molecule has 0 spiro atoms. The van der Waals surface area contributed by atoms with Crippen LogP contribution in [-0.2, 0) is 10.0 Å². The average molecular weight is 765 g/mol. The lowest BCUT2D eigenvalue weighted by atomic mass is 10.1. The zero-order valence-electron chi connectivity index (χ0n) is 25.1. The zero-order valence-corrected chi connectivity index (χ0v) is 29.8. The van der Waals surface area contributed by atoms with Crippen molar-refractivity contribution in [1.29, 1.82) is 0 Å². The fraction of sp³-hybridized carbons (Fsp3) is 0.206.